The lowest BCUT2D eigenvalue weighted by Gasteiger charge is -2.26. The Hall–Kier alpha value is -2.10. The van der Waals surface area contributed by atoms with E-state index in [0.29, 0.717) is 6.42 Å². The molecule has 0 aliphatic carbocycles. The third kappa shape index (κ3) is 1.93. The molecule has 1 atom stereocenters. The number of hydrogen-bond donors (Lipinski definition) is 2. The Morgan fingerprint density at radius 3 is 2.41 bits per heavy atom. The minimum absolute atomic E-state index is 0.322. The van der Waals surface area contributed by atoms with Gasteiger partial charge in [-0.05, 0) is 12.5 Å². The van der Waals surface area contributed by atoms with Crippen LogP contribution in [0.4, 0.5) is 4.79 Å². The second-order valence-corrected chi connectivity index (χ2v) is 4.31. The summed E-state index contributed by atoms with van der Waals surface area (Å²) < 4.78 is 0. The van der Waals surface area contributed by atoms with Gasteiger partial charge in [-0.2, -0.15) is 0 Å². The van der Waals surface area contributed by atoms with Crippen LogP contribution in [0.15, 0.2) is 42.5 Å². The first kappa shape index (κ1) is 11.4. The largest absolute Gasteiger partial charge is 0.322 e. The van der Waals surface area contributed by atoms with E-state index in [1.165, 1.54) is 0 Å². The summed E-state index contributed by atoms with van der Waals surface area (Å²) in [5.74, 6) is -0.322. The quantitative estimate of drug-likeness (QED) is 0.613. The van der Waals surface area contributed by atoms with E-state index in [2.05, 4.69) is 17.2 Å². The van der Waals surface area contributed by atoms with Crippen LogP contribution in [0.3, 0.4) is 0 Å². The smallest absolute Gasteiger partial charge is 0.319 e. The maximum Gasteiger partial charge on any atom is 0.322 e. The molecule has 1 aromatic carbocycles. The number of urea groups is 1. The Morgan fingerprint density at radius 1 is 1.29 bits per heavy atom. The fourth-order valence-corrected chi connectivity index (χ4v) is 2.10. The number of imide groups is 1. The van der Waals surface area contributed by atoms with Crippen molar-refractivity contribution in [1.82, 2.24) is 10.6 Å². The van der Waals surface area contributed by atoms with Crippen LogP contribution < -0.4 is 10.6 Å². The molecular weight excluding hydrogens is 216 g/mol. The maximum atomic E-state index is 12.0. The normalized spacial score (nSPS) is 23.1. The lowest BCUT2D eigenvalue weighted by molar-refractivity contribution is -0.124. The van der Waals surface area contributed by atoms with Crippen LogP contribution in [0, 0.1) is 0 Å². The van der Waals surface area contributed by atoms with Crippen molar-refractivity contribution in [3.8, 4) is 0 Å². The highest BCUT2D eigenvalue weighted by atomic mass is 16.2. The second kappa shape index (κ2) is 4.05. The monoisotopic (exact) mass is 230 g/mol. The molecule has 1 saturated heterocycles. The van der Waals surface area contributed by atoms with E-state index in [1.54, 1.807) is 0 Å². The van der Waals surface area contributed by atoms with Gasteiger partial charge in [0.2, 0.25) is 0 Å². The fraction of sp³-hybridized carbons (Fsp3) is 0.231. The van der Waals surface area contributed by atoms with Crippen molar-refractivity contribution in [2.45, 2.75) is 18.9 Å². The lowest BCUT2D eigenvalue weighted by atomic mass is 9.84. The molecule has 17 heavy (non-hydrogen) atoms. The van der Waals surface area contributed by atoms with Crippen molar-refractivity contribution < 1.29 is 9.59 Å². The van der Waals surface area contributed by atoms with Crippen molar-refractivity contribution >= 4 is 11.9 Å². The highest BCUT2D eigenvalue weighted by molar-refractivity contribution is 6.07. The van der Waals surface area contributed by atoms with Gasteiger partial charge in [0.05, 0.1) is 0 Å². The molecule has 1 fully saturated rings. The minimum Gasteiger partial charge on any atom is -0.319 e. The summed E-state index contributed by atoms with van der Waals surface area (Å²) in [5, 5.41) is 4.99. The van der Waals surface area contributed by atoms with Gasteiger partial charge in [0.15, 0.2) is 0 Å². The van der Waals surface area contributed by atoms with Crippen molar-refractivity contribution in [2.75, 3.05) is 0 Å². The van der Waals surface area contributed by atoms with Gasteiger partial charge in [0.1, 0.15) is 5.54 Å². The van der Waals surface area contributed by atoms with Crippen molar-refractivity contribution in [2.24, 2.45) is 0 Å². The molecule has 1 aliphatic rings. The average molecular weight is 230 g/mol. The van der Waals surface area contributed by atoms with Crippen LogP contribution in [-0.2, 0) is 10.3 Å². The molecular formula is C13H14N2O2. The van der Waals surface area contributed by atoms with E-state index in [1.807, 2.05) is 37.3 Å². The first-order valence-electron chi connectivity index (χ1n) is 5.38. The van der Waals surface area contributed by atoms with Crippen LogP contribution in [0.25, 0.3) is 0 Å². The Bertz CT molecular complexity index is 481. The standard InChI is InChI=1S/C13H14N2O2/c1-9(2)8-13(10-6-4-3-5-7-10)11(16)14-12(17)15-13/h3-7H,1,8H2,2H3,(H2,14,15,16,17). The summed E-state index contributed by atoms with van der Waals surface area (Å²) in [7, 11) is 0. The second-order valence-electron chi connectivity index (χ2n) is 4.31. The van der Waals surface area contributed by atoms with Crippen LogP contribution in [0.2, 0.25) is 0 Å². The van der Waals surface area contributed by atoms with Crippen molar-refractivity contribution in [1.29, 1.82) is 0 Å². The minimum atomic E-state index is -1.01. The van der Waals surface area contributed by atoms with Crippen LogP contribution >= 0.6 is 0 Å². The fourth-order valence-electron chi connectivity index (χ4n) is 2.10. The molecule has 1 aliphatic heterocycles. The van der Waals surface area contributed by atoms with Gasteiger partial charge in [-0.1, -0.05) is 35.9 Å². The van der Waals surface area contributed by atoms with Gasteiger partial charge in [0, 0.05) is 6.42 Å². The zero-order valence-corrected chi connectivity index (χ0v) is 9.62. The summed E-state index contributed by atoms with van der Waals surface area (Å²) in [5.41, 5.74) is 0.599. The van der Waals surface area contributed by atoms with E-state index < -0.39 is 11.6 Å². The third-order valence-electron chi connectivity index (χ3n) is 2.78. The molecule has 1 aromatic rings. The topological polar surface area (TPSA) is 58.2 Å². The molecule has 3 amide bonds. The van der Waals surface area contributed by atoms with Gasteiger partial charge in [-0.25, -0.2) is 4.79 Å². The highest BCUT2D eigenvalue weighted by Gasteiger charge is 2.47. The number of carbonyl (C=O) groups excluding carboxylic acids is 2. The van der Waals surface area contributed by atoms with Gasteiger partial charge in [-0.15, -0.1) is 6.58 Å². The van der Waals surface area contributed by atoms with Gasteiger partial charge < -0.3 is 5.32 Å². The third-order valence-corrected chi connectivity index (χ3v) is 2.78. The number of rotatable bonds is 3. The Labute approximate surface area is 99.7 Å². The lowest BCUT2D eigenvalue weighted by Crippen LogP contribution is -2.43. The number of carbonyl (C=O) groups is 2. The molecule has 2 N–H and O–H groups in total. The first-order chi connectivity index (χ1) is 8.04. The Morgan fingerprint density at radius 2 is 1.94 bits per heavy atom. The van der Waals surface area contributed by atoms with E-state index in [4.69, 9.17) is 0 Å². The van der Waals surface area contributed by atoms with Crippen molar-refractivity contribution in [3.63, 3.8) is 0 Å². The van der Waals surface area contributed by atoms with E-state index in [9.17, 15) is 9.59 Å². The molecule has 4 heteroatoms. The molecule has 88 valence electrons. The van der Waals surface area contributed by atoms with Gasteiger partial charge in [-0.3, -0.25) is 10.1 Å². The van der Waals surface area contributed by atoms with Crippen LogP contribution in [0.1, 0.15) is 18.9 Å². The summed E-state index contributed by atoms with van der Waals surface area (Å²) in [6, 6.07) is 8.75. The number of hydrogen-bond acceptors (Lipinski definition) is 2. The number of benzene rings is 1. The molecule has 1 unspecified atom stereocenters. The first-order valence-corrected chi connectivity index (χ1v) is 5.38. The summed E-state index contributed by atoms with van der Waals surface area (Å²) in [4.78, 5) is 23.4. The van der Waals surface area contributed by atoms with E-state index in [0.717, 1.165) is 11.1 Å². The Balaban J connectivity index is 2.48. The zero-order chi connectivity index (χ0) is 12.5. The summed E-state index contributed by atoms with van der Waals surface area (Å²) in [6.07, 6.45) is 0.397. The molecule has 0 radical (unpaired) electrons. The van der Waals surface area contributed by atoms with Gasteiger partial charge in [0.25, 0.3) is 5.91 Å². The highest BCUT2D eigenvalue weighted by Crippen LogP contribution is 2.30. The van der Waals surface area contributed by atoms with E-state index in [-0.39, 0.29) is 5.91 Å². The van der Waals surface area contributed by atoms with Crippen molar-refractivity contribution in [3.05, 3.63) is 48.0 Å². The van der Waals surface area contributed by atoms with Gasteiger partial charge >= 0.3 is 6.03 Å². The predicted octanol–water partition coefficient (Wildman–Crippen LogP) is 1.69. The SMILES string of the molecule is C=C(C)CC1(c2ccccc2)NC(=O)NC1=O. The maximum absolute atomic E-state index is 12.0. The predicted molar refractivity (Wildman–Crippen MR) is 64.2 cm³/mol. The molecule has 0 saturated carbocycles. The number of nitrogens with one attached hydrogen (secondary N) is 2. The van der Waals surface area contributed by atoms with E-state index >= 15 is 0 Å². The summed E-state index contributed by atoms with van der Waals surface area (Å²) >= 11 is 0. The number of amides is 3. The Kier molecular flexibility index (Phi) is 2.71. The molecule has 0 spiro atoms. The van der Waals surface area contributed by atoms with Crippen LogP contribution in [-0.4, -0.2) is 11.9 Å². The zero-order valence-electron chi connectivity index (χ0n) is 9.62. The molecule has 4 nitrogen and oxygen atoms in total. The molecule has 0 aromatic heterocycles. The molecule has 2 rings (SSSR count). The molecule has 1 heterocycles. The summed E-state index contributed by atoms with van der Waals surface area (Å²) in [6.45, 7) is 5.65. The average Bonchev–Trinajstić information content (AvgIpc) is 2.55. The molecule has 0 bridgehead atoms. The van der Waals surface area contributed by atoms with Crippen LogP contribution in [0.5, 0.6) is 0 Å².